The van der Waals surface area contributed by atoms with E-state index in [1.807, 2.05) is 12.1 Å². The van der Waals surface area contributed by atoms with Gasteiger partial charge in [0.25, 0.3) is 0 Å². The number of nitrogens with zero attached hydrogens (tertiary/aromatic N) is 3. The number of piperidine rings is 1. The van der Waals surface area contributed by atoms with Gasteiger partial charge in [-0.25, -0.2) is 9.97 Å². The molecule has 1 atom stereocenters. The second-order valence-electron chi connectivity index (χ2n) is 7.89. The quantitative estimate of drug-likeness (QED) is 0.784. The summed E-state index contributed by atoms with van der Waals surface area (Å²) in [6.45, 7) is 8.38. The Morgan fingerprint density at radius 3 is 2.54 bits per heavy atom. The van der Waals surface area contributed by atoms with E-state index in [4.69, 9.17) is 4.74 Å². The molecule has 3 rings (SSSR count). The highest BCUT2D eigenvalue weighted by Gasteiger charge is 2.28. The molecule has 26 heavy (non-hydrogen) atoms. The number of anilines is 1. The van der Waals surface area contributed by atoms with Crippen LogP contribution in [0, 0.1) is 5.92 Å². The maximum atomic E-state index is 12.5. The standard InChI is InChI=1S/C21H27N3O2/c1-21(2,3)18-9-7-16(8-10-18)15-26-19(25)17-6-4-13-24(14-17)20-22-11-5-12-23-20/h5,7-12,17H,4,6,13-15H2,1-3H3. The van der Waals surface area contributed by atoms with Gasteiger partial charge in [-0.05, 0) is 35.4 Å². The average molecular weight is 353 g/mol. The van der Waals surface area contributed by atoms with Crippen molar-refractivity contribution >= 4 is 11.9 Å². The fourth-order valence-corrected chi connectivity index (χ4v) is 3.18. The zero-order valence-electron chi connectivity index (χ0n) is 15.8. The molecule has 1 fully saturated rings. The number of carbonyl (C=O) groups excluding carboxylic acids is 1. The molecule has 1 saturated heterocycles. The lowest BCUT2D eigenvalue weighted by atomic mass is 9.87. The van der Waals surface area contributed by atoms with Gasteiger partial charge < -0.3 is 9.64 Å². The Kier molecular flexibility index (Phi) is 5.55. The molecule has 1 aromatic heterocycles. The molecule has 1 unspecified atom stereocenters. The summed E-state index contributed by atoms with van der Waals surface area (Å²) < 4.78 is 5.57. The zero-order chi connectivity index (χ0) is 18.6. The Balaban J connectivity index is 1.54. The van der Waals surface area contributed by atoms with Crippen molar-refractivity contribution in [3.8, 4) is 0 Å². The van der Waals surface area contributed by atoms with E-state index in [1.54, 1.807) is 18.5 Å². The van der Waals surface area contributed by atoms with Crippen LogP contribution >= 0.6 is 0 Å². The fourth-order valence-electron chi connectivity index (χ4n) is 3.18. The van der Waals surface area contributed by atoms with Crippen molar-refractivity contribution in [1.82, 2.24) is 9.97 Å². The lowest BCUT2D eigenvalue weighted by Gasteiger charge is -2.31. The van der Waals surface area contributed by atoms with Crippen molar-refractivity contribution in [2.75, 3.05) is 18.0 Å². The van der Waals surface area contributed by atoms with Gasteiger partial charge in [-0.15, -0.1) is 0 Å². The van der Waals surface area contributed by atoms with Crippen LogP contribution in [-0.4, -0.2) is 29.0 Å². The molecule has 2 heterocycles. The first-order valence-electron chi connectivity index (χ1n) is 9.21. The molecule has 0 spiro atoms. The van der Waals surface area contributed by atoms with E-state index >= 15 is 0 Å². The number of ether oxygens (including phenoxy) is 1. The Labute approximate surface area is 155 Å². The van der Waals surface area contributed by atoms with Gasteiger partial charge in [-0.2, -0.15) is 0 Å². The summed E-state index contributed by atoms with van der Waals surface area (Å²) in [5.74, 6) is 0.426. The van der Waals surface area contributed by atoms with Gasteiger partial charge >= 0.3 is 5.97 Å². The van der Waals surface area contributed by atoms with Crippen molar-refractivity contribution in [2.45, 2.75) is 45.6 Å². The summed E-state index contributed by atoms with van der Waals surface area (Å²) >= 11 is 0. The average Bonchev–Trinajstić information content (AvgIpc) is 2.66. The Hall–Kier alpha value is -2.43. The first-order chi connectivity index (χ1) is 12.4. The number of hydrogen-bond donors (Lipinski definition) is 0. The normalized spacial score (nSPS) is 17.8. The smallest absolute Gasteiger partial charge is 0.311 e. The van der Waals surface area contributed by atoms with Crippen LogP contribution in [0.5, 0.6) is 0 Å². The van der Waals surface area contributed by atoms with E-state index in [2.05, 4.69) is 47.8 Å². The highest BCUT2D eigenvalue weighted by atomic mass is 16.5. The third-order valence-electron chi connectivity index (χ3n) is 4.79. The number of carbonyl (C=O) groups is 1. The minimum atomic E-state index is -0.134. The minimum Gasteiger partial charge on any atom is -0.461 e. The Morgan fingerprint density at radius 1 is 1.19 bits per heavy atom. The van der Waals surface area contributed by atoms with Crippen LogP contribution in [0.15, 0.2) is 42.7 Å². The van der Waals surface area contributed by atoms with Gasteiger partial charge in [-0.1, -0.05) is 45.0 Å². The van der Waals surface area contributed by atoms with Crippen LogP contribution in [-0.2, 0) is 21.6 Å². The highest BCUT2D eigenvalue weighted by molar-refractivity contribution is 5.73. The van der Waals surface area contributed by atoms with Crippen molar-refractivity contribution in [2.24, 2.45) is 5.92 Å². The maximum absolute atomic E-state index is 12.5. The van der Waals surface area contributed by atoms with Crippen LogP contribution in [0.2, 0.25) is 0 Å². The third kappa shape index (κ3) is 4.59. The van der Waals surface area contributed by atoms with Crippen LogP contribution in [0.1, 0.15) is 44.7 Å². The molecule has 5 heteroatoms. The Morgan fingerprint density at radius 2 is 1.88 bits per heavy atom. The molecule has 0 saturated carbocycles. The summed E-state index contributed by atoms with van der Waals surface area (Å²) in [6, 6.07) is 10.1. The van der Waals surface area contributed by atoms with E-state index in [0.717, 1.165) is 24.9 Å². The molecular weight excluding hydrogens is 326 g/mol. The fraction of sp³-hybridized carbons (Fsp3) is 0.476. The van der Waals surface area contributed by atoms with E-state index in [1.165, 1.54) is 5.56 Å². The molecule has 0 N–H and O–H groups in total. The second kappa shape index (κ2) is 7.85. The first-order valence-corrected chi connectivity index (χ1v) is 9.21. The second-order valence-corrected chi connectivity index (χ2v) is 7.89. The predicted molar refractivity (Wildman–Crippen MR) is 102 cm³/mol. The Bertz CT molecular complexity index is 723. The minimum absolute atomic E-state index is 0.124. The van der Waals surface area contributed by atoms with E-state index in [9.17, 15) is 4.79 Å². The van der Waals surface area contributed by atoms with Crippen molar-refractivity contribution in [3.63, 3.8) is 0 Å². The van der Waals surface area contributed by atoms with E-state index in [0.29, 0.717) is 19.1 Å². The van der Waals surface area contributed by atoms with Crippen molar-refractivity contribution in [1.29, 1.82) is 0 Å². The number of aromatic nitrogens is 2. The van der Waals surface area contributed by atoms with Gasteiger partial charge in [0.05, 0.1) is 5.92 Å². The SMILES string of the molecule is CC(C)(C)c1ccc(COC(=O)C2CCCN(c3ncccn3)C2)cc1. The molecular formula is C21H27N3O2. The molecule has 1 aliphatic heterocycles. The van der Waals surface area contributed by atoms with Crippen LogP contribution in [0.3, 0.4) is 0 Å². The third-order valence-corrected chi connectivity index (χ3v) is 4.79. The molecule has 5 nitrogen and oxygen atoms in total. The van der Waals surface area contributed by atoms with Crippen LogP contribution in [0.25, 0.3) is 0 Å². The number of esters is 1. The summed E-state index contributed by atoms with van der Waals surface area (Å²) in [5.41, 5.74) is 2.42. The molecule has 0 amide bonds. The molecule has 0 aliphatic carbocycles. The van der Waals surface area contributed by atoms with Crippen LogP contribution < -0.4 is 4.90 Å². The van der Waals surface area contributed by atoms with Crippen molar-refractivity contribution < 1.29 is 9.53 Å². The van der Waals surface area contributed by atoms with Gasteiger partial charge in [0.15, 0.2) is 0 Å². The lowest BCUT2D eigenvalue weighted by molar-refractivity contribution is -0.150. The van der Waals surface area contributed by atoms with E-state index in [-0.39, 0.29) is 17.3 Å². The van der Waals surface area contributed by atoms with Crippen molar-refractivity contribution in [3.05, 3.63) is 53.9 Å². The number of benzene rings is 1. The molecule has 1 aromatic carbocycles. The summed E-state index contributed by atoms with van der Waals surface area (Å²) in [4.78, 5) is 23.1. The number of hydrogen-bond acceptors (Lipinski definition) is 5. The molecule has 0 bridgehead atoms. The summed E-state index contributed by atoms with van der Waals surface area (Å²) in [7, 11) is 0. The first kappa shape index (κ1) is 18.4. The molecule has 1 aliphatic rings. The van der Waals surface area contributed by atoms with Gasteiger partial charge in [0.1, 0.15) is 6.61 Å². The summed E-state index contributed by atoms with van der Waals surface area (Å²) in [5, 5.41) is 0. The predicted octanol–water partition coefficient (Wildman–Crippen LogP) is 3.73. The topological polar surface area (TPSA) is 55.3 Å². The largest absolute Gasteiger partial charge is 0.461 e. The maximum Gasteiger partial charge on any atom is 0.311 e. The highest BCUT2D eigenvalue weighted by Crippen LogP contribution is 2.23. The zero-order valence-corrected chi connectivity index (χ0v) is 15.8. The van der Waals surface area contributed by atoms with Crippen LogP contribution in [0.4, 0.5) is 5.95 Å². The molecule has 2 aromatic rings. The number of rotatable bonds is 4. The molecule has 0 radical (unpaired) electrons. The van der Waals surface area contributed by atoms with Gasteiger partial charge in [-0.3, -0.25) is 4.79 Å². The molecule has 138 valence electrons. The monoisotopic (exact) mass is 353 g/mol. The van der Waals surface area contributed by atoms with E-state index < -0.39 is 0 Å². The summed E-state index contributed by atoms with van der Waals surface area (Å²) in [6.07, 6.45) is 5.25. The van der Waals surface area contributed by atoms with Gasteiger partial charge in [0.2, 0.25) is 5.95 Å². The lowest BCUT2D eigenvalue weighted by Crippen LogP contribution is -2.40. The van der Waals surface area contributed by atoms with Gasteiger partial charge in [0, 0.05) is 25.5 Å².